The van der Waals surface area contributed by atoms with Crippen LogP contribution in [0.25, 0.3) is 0 Å². The fourth-order valence-corrected chi connectivity index (χ4v) is 2.07. The number of hydrogen-bond acceptors (Lipinski definition) is 5. The number of amides is 1. The summed E-state index contributed by atoms with van der Waals surface area (Å²) in [6.07, 6.45) is 1.62. The molecule has 1 aromatic carbocycles. The maximum Gasteiger partial charge on any atom is 0.374 e. The van der Waals surface area contributed by atoms with Gasteiger partial charge in [0.1, 0.15) is 0 Å². The van der Waals surface area contributed by atoms with Crippen LogP contribution in [0.4, 0.5) is 5.69 Å². The lowest BCUT2D eigenvalue weighted by Gasteiger charge is -2.12. The molecule has 0 saturated carbocycles. The SMILES string of the molecule is CCCC(=O)Nc1ccc(C(=O)C(C)OC(=O)c2ccco2)cc1. The van der Waals surface area contributed by atoms with Crippen molar-refractivity contribution in [3.63, 3.8) is 0 Å². The Morgan fingerprint density at radius 2 is 1.88 bits per heavy atom. The Morgan fingerprint density at radius 1 is 1.17 bits per heavy atom. The summed E-state index contributed by atoms with van der Waals surface area (Å²) in [6, 6.07) is 9.48. The molecular formula is C18H19NO5. The Morgan fingerprint density at radius 3 is 2.46 bits per heavy atom. The number of benzene rings is 1. The van der Waals surface area contributed by atoms with Gasteiger partial charge >= 0.3 is 5.97 Å². The van der Waals surface area contributed by atoms with Crippen molar-refractivity contribution >= 4 is 23.3 Å². The maximum atomic E-state index is 12.3. The Kier molecular flexibility index (Phi) is 5.89. The second-order valence-corrected chi connectivity index (χ2v) is 5.26. The van der Waals surface area contributed by atoms with Crippen molar-refractivity contribution < 1.29 is 23.5 Å². The van der Waals surface area contributed by atoms with Crippen LogP contribution in [-0.4, -0.2) is 23.8 Å². The van der Waals surface area contributed by atoms with E-state index in [1.54, 1.807) is 30.3 Å². The molecule has 0 aliphatic rings. The number of carbonyl (C=O) groups is 3. The lowest BCUT2D eigenvalue weighted by atomic mass is 10.1. The quantitative estimate of drug-likeness (QED) is 0.621. The molecule has 1 heterocycles. The van der Waals surface area contributed by atoms with Crippen LogP contribution in [0.15, 0.2) is 47.1 Å². The van der Waals surface area contributed by atoms with Crippen LogP contribution in [0, 0.1) is 0 Å². The van der Waals surface area contributed by atoms with E-state index in [1.165, 1.54) is 19.3 Å². The first-order chi connectivity index (χ1) is 11.5. The van der Waals surface area contributed by atoms with Crippen molar-refractivity contribution in [3.05, 3.63) is 54.0 Å². The minimum atomic E-state index is -0.942. The molecule has 0 fully saturated rings. The molecule has 2 rings (SSSR count). The van der Waals surface area contributed by atoms with Crippen LogP contribution in [-0.2, 0) is 9.53 Å². The number of anilines is 1. The maximum absolute atomic E-state index is 12.3. The molecule has 2 aromatic rings. The minimum Gasteiger partial charge on any atom is -0.457 e. The number of hydrogen-bond donors (Lipinski definition) is 1. The van der Waals surface area contributed by atoms with E-state index in [0.717, 1.165) is 6.42 Å². The molecular weight excluding hydrogens is 310 g/mol. The van der Waals surface area contributed by atoms with Crippen molar-refractivity contribution in [2.45, 2.75) is 32.8 Å². The van der Waals surface area contributed by atoms with Crippen LogP contribution < -0.4 is 5.32 Å². The number of furan rings is 1. The zero-order chi connectivity index (χ0) is 17.5. The Labute approximate surface area is 139 Å². The number of ether oxygens (including phenoxy) is 1. The second-order valence-electron chi connectivity index (χ2n) is 5.26. The van der Waals surface area contributed by atoms with Crippen molar-refractivity contribution in [2.75, 3.05) is 5.32 Å². The summed E-state index contributed by atoms with van der Waals surface area (Å²) in [5.74, 6) is -1.05. The number of ketones is 1. The van der Waals surface area contributed by atoms with Gasteiger partial charge in [0.15, 0.2) is 6.10 Å². The summed E-state index contributed by atoms with van der Waals surface area (Å²) < 4.78 is 10.0. The van der Waals surface area contributed by atoms with Crippen LogP contribution in [0.3, 0.4) is 0 Å². The van der Waals surface area contributed by atoms with Gasteiger partial charge in [0.05, 0.1) is 6.26 Å². The molecule has 1 atom stereocenters. The van der Waals surface area contributed by atoms with Gasteiger partial charge in [-0.05, 0) is 49.7 Å². The van der Waals surface area contributed by atoms with E-state index >= 15 is 0 Å². The van der Waals surface area contributed by atoms with Crippen LogP contribution in [0.2, 0.25) is 0 Å². The number of Topliss-reactive ketones (excluding diaryl/α,β-unsaturated/α-hetero) is 1. The predicted octanol–water partition coefficient (Wildman–Crippen LogP) is 3.45. The third-order valence-corrected chi connectivity index (χ3v) is 3.31. The molecule has 0 aliphatic heterocycles. The summed E-state index contributed by atoms with van der Waals surface area (Å²) in [7, 11) is 0. The van der Waals surface area contributed by atoms with Crippen molar-refractivity contribution in [2.24, 2.45) is 0 Å². The lowest BCUT2D eigenvalue weighted by molar-refractivity contribution is -0.116. The Hall–Kier alpha value is -2.89. The number of rotatable bonds is 7. The molecule has 1 aromatic heterocycles. The molecule has 1 N–H and O–H groups in total. The fraction of sp³-hybridized carbons (Fsp3) is 0.278. The zero-order valence-corrected chi connectivity index (χ0v) is 13.6. The van der Waals surface area contributed by atoms with E-state index in [1.807, 2.05) is 6.92 Å². The molecule has 126 valence electrons. The molecule has 0 aliphatic carbocycles. The van der Waals surface area contributed by atoms with Gasteiger partial charge in [0.2, 0.25) is 17.5 Å². The number of nitrogens with one attached hydrogen (secondary N) is 1. The van der Waals surface area contributed by atoms with Crippen molar-refractivity contribution in [1.82, 2.24) is 0 Å². The molecule has 1 unspecified atom stereocenters. The van der Waals surface area contributed by atoms with E-state index in [0.29, 0.717) is 17.7 Å². The average molecular weight is 329 g/mol. The monoisotopic (exact) mass is 329 g/mol. The summed E-state index contributed by atoms with van der Waals surface area (Å²) in [4.78, 5) is 35.6. The van der Waals surface area contributed by atoms with Crippen LogP contribution >= 0.6 is 0 Å². The molecule has 6 nitrogen and oxygen atoms in total. The molecule has 0 bridgehead atoms. The molecule has 6 heteroatoms. The first kappa shape index (κ1) is 17.5. The Bertz CT molecular complexity index is 704. The third-order valence-electron chi connectivity index (χ3n) is 3.31. The van der Waals surface area contributed by atoms with Gasteiger partial charge in [-0.2, -0.15) is 0 Å². The number of esters is 1. The van der Waals surface area contributed by atoms with Gasteiger partial charge in [-0.25, -0.2) is 4.79 Å². The highest BCUT2D eigenvalue weighted by molar-refractivity contribution is 6.01. The molecule has 0 radical (unpaired) electrons. The van der Waals surface area contributed by atoms with Gasteiger partial charge in [0.25, 0.3) is 0 Å². The highest BCUT2D eigenvalue weighted by atomic mass is 16.6. The van der Waals surface area contributed by atoms with Crippen LogP contribution in [0.5, 0.6) is 0 Å². The fourth-order valence-electron chi connectivity index (χ4n) is 2.07. The van der Waals surface area contributed by atoms with Crippen molar-refractivity contribution in [1.29, 1.82) is 0 Å². The van der Waals surface area contributed by atoms with Gasteiger partial charge in [-0.3, -0.25) is 9.59 Å². The van der Waals surface area contributed by atoms with E-state index in [2.05, 4.69) is 5.32 Å². The smallest absolute Gasteiger partial charge is 0.374 e. The minimum absolute atomic E-state index is 0.0450. The third kappa shape index (κ3) is 4.55. The first-order valence-electron chi connectivity index (χ1n) is 7.70. The normalized spacial score (nSPS) is 11.6. The molecule has 1 amide bonds. The highest BCUT2D eigenvalue weighted by Crippen LogP contribution is 2.14. The summed E-state index contributed by atoms with van der Waals surface area (Å²) in [6.45, 7) is 3.42. The zero-order valence-electron chi connectivity index (χ0n) is 13.6. The van der Waals surface area contributed by atoms with Crippen LogP contribution in [0.1, 0.15) is 47.6 Å². The van der Waals surface area contributed by atoms with Gasteiger partial charge in [0, 0.05) is 17.7 Å². The Balaban J connectivity index is 1.96. The summed E-state index contributed by atoms with van der Waals surface area (Å²) >= 11 is 0. The van der Waals surface area contributed by atoms with E-state index in [-0.39, 0.29) is 17.5 Å². The average Bonchev–Trinajstić information content (AvgIpc) is 3.09. The molecule has 24 heavy (non-hydrogen) atoms. The van der Waals surface area contributed by atoms with Crippen molar-refractivity contribution in [3.8, 4) is 0 Å². The largest absolute Gasteiger partial charge is 0.457 e. The lowest BCUT2D eigenvalue weighted by Crippen LogP contribution is -2.24. The highest BCUT2D eigenvalue weighted by Gasteiger charge is 2.21. The predicted molar refractivity (Wildman–Crippen MR) is 87.9 cm³/mol. The summed E-state index contributed by atoms with van der Waals surface area (Å²) in [5, 5.41) is 2.74. The first-order valence-corrected chi connectivity index (χ1v) is 7.70. The standard InChI is InChI=1S/C18H19NO5/c1-3-5-16(20)19-14-9-7-13(8-10-14)17(21)12(2)24-18(22)15-6-4-11-23-15/h4,6-12H,3,5H2,1-2H3,(H,19,20). The topological polar surface area (TPSA) is 85.6 Å². The molecule has 0 saturated heterocycles. The number of carbonyl (C=O) groups excluding carboxylic acids is 3. The van der Waals surface area contributed by atoms with Gasteiger partial charge < -0.3 is 14.5 Å². The van der Waals surface area contributed by atoms with Gasteiger partial charge in [-0.15, -0.1) is 0 Å². The van der Waals surface area contributed by atoms with E-state index < -0.39 is 12.1 Å². The van der Waals surface area contributed by atoms with E-state index in [4.69, 9.17) is 9.15 Å². The second kappa shape index (κ2) is 8.10. The molecule has 0 spiro atoms. The van der Waals surface area contributed by atoms with E-state index in [9.17, 15) is 14.4 Å². The van der Waals surface area contributed by atoms with Gasteiger partial charge in [-0.1, -0.05) is 6.92 Å². The summed E-state index contributed by atoms with van der Waals surface area (Å²) in [5.41, 5.74) is 1.01.